The summed E-state index contributed by atoms with van der Waals surface area (Å²) in [5.74, 6) is -2.55. The number of hydrogen-bond acceptors (Lipinski definition) is 2. The molecule has 1 aromatic rings. The molecular weight excluding hydrogens is 185 g/mol. The Balaban J connectivity index is 3.34. The highest BCUT2D eigenvalue weighted by Gasteiger charge is 2.12. The lowest BCUT2D eigenvalue weighted by atomic mass is 10.5. The molecule has 0 atom stereocenters. The molecule has 0 unspecified atom stereocenters. The lowest BCUT2D eigenvalue weighted by molar-refractivity contribution is 0.496. The summed E-state index contributed by atoms with van der Waals surface area (Å²) < 4.78 is 24.6. The lowest BCUT2D eigenvalue weighted by Crippen LogP contribution is -1.93. The van der Waals surface area contributed by atoms with Crippen LogP contribution in [0.1, 0.15) is 0 Å². The number of aromatic nitrogens is 2. The number of hydrogen-bond donors (Lipinski definition) is 0. The van der Waals surface area contributed by atoms with Crippen molar-refractivity contribution in [2.45, 2.75) is 0 Å². The molecule has 6 heteroatoms. The first-order chi connectivity index (χ1) is 4.63. The first kappa shape index (κ1) is 7.63. The van der Waals surface area contributed by atoms with Crippen LogP contribution < -0.4 is 0 Å². The van der Waals surface area contributed by atoms with Gasteiger partial charge >= 0.3 is 0 Å². The minimum Gasteiger partial charge on any atom is -0.200 e. The predicted octanol–water partition coefficient (Wildman–Crippen LogP) is 2.06. The van der Waals surface area contributed by atoms with E-state index in [0.29, 0.717) is 0 Å². The Labute approximate surface area is 64.8 Å². The molecule has 1 aromatic heterocycles. The Morgan fingerprint density at radius 3 is 1.50 bits per heavy atom. The Morgan fingerprint density at radius 1 is 0.900 bits per heavy atom. The zero-order valence-electron chi connectivity index (χ0n) is 4.41. The Morgan fingerprint density at radius 2 is 1.20 bits per heavy atom. The third-order valence-corrected chi connectivity index (χ3v) is 1.26. The summed E-state index contributed by atoms with van der Waals surface area (Å²) in [6.45, 7) is 0. The monoisotopic (exact) mass is 184 g/mol. The first-order valence-electron chi connectivity index (χ1n) is 2.15. The maximum atomic E-state index is 12.3. The first-order valence-corrected chi connectivity index (χ1v) is 2.91. The fourth-order valence-corrected chi connectivity index (χ4v) is 0.598. The van der Waals surface area contributed by atoms with Crippen LogP contribution in [-0.4, -0.2) is 10.2 Å². The minimum absolute atomic E-state index is 0.623. The topological polar surface area (TPSA) is 25.8 Å². The molecule has 0 bridgehead atoms. The van der Waals surface area contributed by atoms with Crippen molar-refractivity contribution >= 4 is 23.2 Å². The maximum Gasteiger partial charge on any atom is 0.201 e. The van der Waals surface area contributed by atoms with Crippen molar-refractivity contribution in [1.29, 1.82) is 0 Å². The van der Waals surface area contributed by atoms with Gasteiger partial charge in [-0.25, -0.2) is 8.78 Å². The SMILES string of the molecule is Fc1c(Cl)nnc(Cl)c1F. The van der Waals surface area contributed by atoms with Crippen molar-refractivity contribution in [3.8, 4) is 0 Å². The summed E-state index contributed by atoms with van der Waals surface area (Å²) in [4.78, 5) is 0. The summed E-state index contributed by atoms with van der Waals surface area (Å²) in [5, 5.41) is 4.77. The molecule has 54 valence electrons. The molecule has 0 aliphatic rings. The molecule has 0 saturated carbocycles. The van der Waals surface area contributed by atoms with Crippen LogP contribution in [0.5, 0.6) is 0 Å². The molecule has 0 aromatic carbocycles. The van der Waals surface area contributed by atoms with E-state index in [0.717, 1.165) is 0 Å². The minimum atomic E-state index is -1.28. The Hall–Kier alpha value is -0.480. The zero-order valence-corrected chi connectivity index (χ0v) is 5.92. The molecule has 0 N–H and O–H groups in total. The van der Waals surface area contributed by atoms with Crippen molar-refractivity contribution < 1.29 is 8.78 Å². The van der Waals surface area contributed by atoms with E-state index >= 15 is 0 Å². The molecular formula is C4Cl2F2N2. The van der Waals surface area contributed by atoms with Crippen LogP contribution in [0.15, 0.2) is 0 Å². The quantitative estimate of drug-likeness (QED) is 0.618. The van der Waals surface area contributed by atoms with Crippen LogP contribution in [0.2, 0.25) is 10.3 Å². The van der Waals surface area contributed by atoms with Gasteiger partial charge in [-0.3, -0.25) is 0 Å². The van der Waals surface area contributed by atoms with E-state index in [1.165, 1.54) is 0 Å². The summed E-state index contributed by atoms with van der Waals surface area (Å²) in [7, 11) is 0. The molecule has 0 aliphatic carbocycles. The van der Waals surface area contributed by atoms with Gasteiger partial charge in [0.2, 0.25) is 11.6 Å². The van der Waals surface area contributed by atoms with E-state index in [2.05, 4.69) is 10.2 Å². The standard InChI is InChI=1S/C4Cl2F2N2/c5-3-1(7)2(8)4(6)10-9-3. The van der Waals surface area contributed by atoms with Gasteiger partial charge in [-0.05, 0) is 0 Å². The van der Waals surface area contributed by atoms with Gasteiger partial charge in [0, 0.05) is 0 Å². The van der Waals surface area contributed by atoms with Gasteiger partial charge in [-0.1, -0.05) is 23.2 Å². The fraction of sp³-hybridized carbons (Fsp3) is 0. The van der Waals surface area contributed by atoms with E-state index < -0.39 is 21.9 Å². The van der Waals surface area contributed by atoms with Gasteiger partial charge in [-0.2, -0.15) is 0 Å². The molecule has 0 fully saturated rings. The molecule has 0 radical (unpaired) electrons. The van der Waals surface area contributed by atoms with Gasteiger partial charge in [0.05, 0.1) is 0 Å². The van der Waals surface area contributed by atoms with Crippen molar-refractivity contribution in [3.05, 3.63) is 21.9 Å². The zero-order chi connectivity index (χ0) is 7.72. The Bertz CT molecular complexity index is 239. The molecule has 1 heterocycles. The van der Waals surface area contributed by atoms with Crippen LogP contribution in [0.3, 0.4) is 0 Å². The second kappa shape index (κ2) is 2.64. The van der Waals surface area contributed by atoms with Crippen LogP contribution in [0.25, 0.3) is 0 Å². The number of halogens is 4. The molecule has 0 saturated heterocycles. The van der Waals surface area contributed by atoms with Crippen LogP contribution in [0.4, 0.5) is 8.78 Å². The highest BCUT2D eigenvalue weighted by Crippen LogP contribution is 2.18. The van der Waals surface area contributed by atoms with Crippen molar-refractivity contribution in [1.82, 2.24) is 10.2 Å². The third kappa shape index (κ3) is 1.17. The van der Waals surface area contributed by atoms with E-state index in [9.17, 15) is 8.78 Å². The van der Waals surface area contributed by atoms with Crippen molar-refractivity contribution in [3.63, 3.8) is 0 Å². The summed E-state index contributed by atoms with van der Waals surface area (Å²) in [5.41, 5.74) is 0. The Kier molecular flexibility index (Phi) is 2.01. The largest absolute Gasteiger partial charge is 0.201 e. The van der Waals surface area contributed by atoms with Crippen LogP contribution in [-0.2, 0) is 0 Å². The van der Waals surface area contributed by atoms with Gasteiger partial charge in [0.25, 0.3) is 0 Å². The third-order valence-electron chi connectivity index (χ3n) is 0.781. The summed E-state index contributed by atoms with van der Waals surface area (Å²) in [6, 6.07) is 0. The van der Waals surface area contributed by atoms with Gasteiger partial charge in [-0.15, -0.1) is 10.2 Å². The van der Waals surface area contributed by atoms with Gasteiger partial charge in [0.15, 0.2) is 10.3 Å². The van der Waals surface area contributed by atoms with Gasteiger partial charge < -0.3 is 0 Å². The van der Waals surface area contributed by atoms with E-state index in [1.807, 2.05) is 0 Å². The average molecular weight is 185 g/mol. The highest BCUT2D eigenvalue weighted by atomic mass is 35.5. The normalized spacial score (nSPS) is 10.0. The molecule has 1 rings (SSSR count). The van der Waals surface area contributed by atoms with E-state index in [4.69, 9.17) is 23.2 Å². The fourth-order valence-electron chi connectivity index (χ4n) is 0.357. The van der Waals surface area contributed by atoms with Crippen LogP contribution >= 0.6 is 23.2 Å². The van der Waals surface area contributed by atoms with Crippen LogP contribution in [0, 0.1) is 11.6 Å². The maximum absolute atomic E-state index is 12.3. The number of rotatable bonds is 0. The van der Waals surface area contributed by atoms with Crippen molar-refractivity contribution in [2.75, 3.05) is 0 Å². The molecule has 0 amide bonds. The number of nitrogens with zero attached hydrogens (tertiary/aromatic N) is 2. The van der Waals surface area contributed by atoms with E-state index in [-0.39, 0.29) is 0 Å². The molecule has 2 nitrogen and oxygen atoms in total. The summed E-state index contributed by atoms with van der Waals surface area (Å²) in [6.07, 6.45) is 0. The highest BCUT2D eigenvalue weighted by molar-refractivity contribution is 6.31. The average Bonchev–Trinajstić information content (AvgIpc) is 1.93. The molecule has 10 heavy (non-hydrogen) atoms. The lowest BCUT2D eigenvalue weighted by Gasteiger charge is -1.93. The summed E-state index contributed by atoms with van der Waals surface area (Å²) >= 11 is 10.1. The smallest absolute Gasteiger partial charge is 0.200 e. The van der Waals surface area contributed by atoms with E-state index in [1.54, 1.807) is 0 Å². The molecule has 0 spiro atoms. The second-order valence-electron chi connectivity index (χ2n) is 1.41. The second-order valence-corrected chi connectivity index (χ2v) is 2.13. The molecule has 0 aliphatic heterocycles. The predicted molar refractivity (Wildman–Crippen MR) is 32.0 cm³/mol. The van der Waals surface area contributed by atoms with Gasteiger partial charge in [0.1, 0.15) is 0 Å². The van der Waals surface area contributed by atoms with Crippen molar-refractivity contribution in [2.24, 2.45) is 0 Å².